The number of halogens is 1. The molecule has 4 nitrogen and oxygen atoms in total. The Morgan fingerprint density at radius 3 is 3.17 bits per heavy atom. The number of amides is 1. The van der Waals surface area contributed by atoms with Gasteiger partial charge in [0.2, 0.25) is 5.91 Å². The van der Waals surface area contributed by atoms with Gasteiger partial charge in [0.1, 0.15) is 5.82 Å². The third-order valence-corrected chi connectivity index (χ3v) is 2.81. The minimum absolute atomic E-state index is 0.107. The summed E-state index contributed by atoms with van der Waals surface area (Å²) in [5.41, 5.74) is 0.639. The van der Waals surface area contributed by atoms with Crippen LogP contribution in [0.5, 0.6) is 0 Å². The van der Waals surface area contributed by atoms with Crippen LogP contribution >= 0.6 is 0 Å². The first-order valence-corrected chi connectivity index (χ1v) is 5.72. The van der Waals surface area contributed by atoms with Crippen LogP contribution in [0.25, 0.3) is 0 Å². The zero-order chi connectivity index (χ0) is 13.0. The van der Waals surface area contributed by atoms with Crippen LogP contribution in [0, 0.1) is 17.1 Å². The van der Waals surface area contributed by atoms with Gasteiger partial charge in [0, 0.05) is 6.54 Å². The van der Waals surface area contributed by atoms with Crippen LogP contribution in [-0.4, -0.2) is 36.6 Å². The topological polar surface area (TPSA) is 53.3 Å². The summed E-state index contributed by atoms with van der Waals surface area (Å²) in [7, 11) is 0. The van der Waals surface area contributed by atoms with Crippen LogP contribution in [0.1, 0.15) is 5.56 Å². The number of nitrogens with zero attached hydrogens (tertiary/aromatic N) is 2. The molecule has 1 amide bonds. The van der Waals surface area contributed by atoms with Crippen molar-refractivity contribution in [3.8, 4) is 6.07 Å². The van der Waals surface area contributed by atoms with Gasteiger partial charge < -0.3 is 9.64 Å². The van der Waals surface area contributed by atoms with Crippen molar-refractivity contribution in [3.63, 3.8) is 0 Å². The lowest BCUT2D eigenvalue weighted by Gasteiger charge is -2.29. The van der Waals surface area contributed by atoms with Gasteiger partial charge in [0.05, 0.1) is 25.6 Å². The fourth-order valence-corrected chi connectivity index (χ4v) is 1.89. The molecule has 0 radical (unpaired) electrons. The van der Waals surface area contributed by atoms with Crippen molar-refractivity contribution in [2.75, 3.05) is 19.7 Å². The summed E-state index contributed by atoms with van der Waals surface area (Å²) in [6.45, 7) is 1.13. The van der Waals surface area contributed by atoms with Gasteiger partial charge in [0.15, 0.2) is 6.10 Å². The van der Waals surface area contributed by atoms with E-state index in [1.165, 1.54) is 12.1 Å². The molecule has 94 valence electrons. The van der Waals surface area contributed by atoms with E-state index in [-0.39, 0.29) is 24.7 Å². The highest BCUT2D eigenvalue weighted by atomic mass is 19.1. The van der Waals surface area contributed by atoms with Crippen molar-refractivity contribution in [2.24, 2.45) is 0 Å². The second kappa shape index (κ2) is 5.61. The van der Waals surface area contributed by atoms with E-state index in [2.05, 4.69) is 0 Å². The molecule has 18 heavy (non-hydrogen) atoms. The largest absolute Gasteiger partial charge is 0.360 e. The summed E-state index contributed by atoms with van der Waals surface area (Å²) >= 11 is 0. The highest BCUT2D eigenvalue weighted by Crippen LogP contribution is 2.09. The molecule has 0 spiro atoms. The summed E-state index contributed by atoms with van der Waals surface area (Å²) in [4.78, 5) is 13.6. The first-order chi connectivity index (χ1) is 8.69. The van der Waals surface area contributed by atoms with Gasteiger partial charge >= 0.3 is 0 Å². The highest BCUT2D eigenvalue weighted by molar-refractivity contribution is 5.78. The summed E-state index contributed by atoms with van der Waals surface area (Å²) in [6, 6.07) is 7.96. The van der Waals surface area contributed by atoms with Crippen molar-refractivity contribution in [1.29, 1.82) is 5.26 Å². The molecule has 1 aromatic rings. The van der Waals surface area contributed by atoms with E-state index < -0.39 is 6.10 Å². The number of ether oxygens (including phenoxy) is 1. The molecule has 0 aliphatic carbocycles. The molecule has 1 unspecified atom stereocenters. The number of benzene rings is 1. The first-order valence-electron chi connectivity index (χ1n) is 5.72. The second-order valence-corrected chi connectivity index (χ2v) is 4.13. The van der Waals surface area contributed by atoms with Gasteiger partial charge in [-0.3, -0.25) is 4.79 Å². The molecule has 1 fully saturated rings. The lowest BCUT2D eigenvalue weighted by molar-refractivity contribution is -0.136. The lowest BCUT2D eigenvalue weighted by Crippen LogP contribution is -2.45. The van der Waals surface area contributed by atoms with E-state index in [9.17, 15) is 9.18 Å². The van der Waals surface area contributed by atoms with Crippen LogP contribution in [0.3, 0.4) is 0 Å². The second-order valence-electron chi connectivity index (χ2n) is 4.13. The molecular formula is C13H13FN2O2. The Morgan fingerprint density at radius 1 is 1.61 bits per heavy atom. The van der Waals surface area contributed by atoms with E-state index >= 15 is 0 Å². The summed E-state index contributed by atoms with van der Waals surface area (Å²) in [5.74, 6) is -0.457. The molecule has 0 saturated carbocycles. The van der Waals surface area contributed by atoms with Crippen LogP contribution in [0.2, 0.25) is 0 Å². The molecule has 0 aromatic heterocycles. The number of carbonyl (C=O) groups excluding carboxylic acids is 1. The third-order valence-electron chi connectivity index (χ3n) is 2.81. The number of rotatable bonds is 2. The van der Waals surface area contributed by atoms with Crippen LogP contribution < -0.4 is 0 Å². The average Bonchev–Trinajstić information content (AvgIpc) is 2.39. The smallest absolute Gasteiger partial charge is 0.227 e. The van der Waals surface area contributed by atoms with Crippen molar-refractivity contribution < 1.29 is 13.9 Å². The Balaban J connectivity index is 1.98. The maximum atomic E-state index is 13.0. The maximum absolute atomic E-state index is 13.0. The zero-order valence-corrected chi connectivity index (χ0v) is 9.80. The zero-order valence-electron chi connectivity index (χ0n) is 9.80. The van der Waals surface area contributed by atoms with Gasteiger partial charge in [0.25, 0.3) is 0 Å². The molecule has 1 aliphatic heterocycles. The fourth-order valence-electron chi connectivity index (χ4n) is 1.89. The van der Waals surface area contributed by atoms with Crippen molar-refractivity contribution in [1.82, 2.24) is 4.90 Å². The van der Waals surface area contributed by atoms with E-state index in [0.717, 1.165) is 0 Å². The summed E-state index contributed by atoms with van der Waals surface area (Å²) in [6.07, 6.45) is -0.411. The Kier molecular flexibility index (Phi) is 3.90. The summed E-state index contributed by atoms with van der Waals surface area (Å²) in [5, 5.41) is 8.75. The monoisotopic (exact) mass is 248 g/mol. The van der Waals surface area contributed by atoms with Crippen LogP contribution in [-0.2, 0) is 16.0 Å². The van der Waals surface area contributed by atoms with Gasteiger partial charge in [-0.15, -0.1) is 0 Å². The van der Waals surface area contributed by atoms with E-state index in [1.807, 2.05) is 6.07 Å². The Labute approximate surface area is 105 Å². The fraction of sp³-hybridized carbons (Fsp3) is 0.385. The Morgan fingerprint density at radius 2 is 2.44 bits per heavy atom. The van der Waals surface area contributed by atoms with Gasteiger partial charge in [-0.25, -0.2) is 4.39 Å². The van der Waals surface area contributed by atoms with Crippen molar-refractivity contribution in [2.45, 2.75) is 12.5 Å². The quantitative estimate of drug-likeness (QED) is 0.788. The SMILES string of the molecule is N#CC1CN(C(=O)Cc2cccc(F)c2)CCO1. The number of morpholine rings is 1. The maximum Gasteiger partial charge on any atom is 0.227 e. The standard InChI is InChI=1S/C13H13FN2O2/c14-11-3-1-2-10(6-11)7-13(17)16-4-5-18-12(8-15)9-16/h1-3,6,12H,4-5,7,9H2. The van der Waals surface area contributed by atoms with Gasteiger partial charge in [-0.2, -0.15) is 5.26 Å². The Bertz CT molecular complexity index is 484. The number of hydrogen-bond acceptors (Lipinski definition) is 3. The predicted octanol–water partition coefficient (Wildman–Crippen LogP) is 1.12. The van der Waals surface area contributed by atoms with Crippen LogP contribution in [0.4, 0.5) is 4.39 Å². The number of hydrogen-bond donors (Lipinski definition) is 0. The lowest BCUT2D eigenvalue weighted by atomic mass is 10.1. The number of nitriles is 1. The van der Waals surface area contributed by atoms with Crippen molar-refractivity contribution >= 4 is 5.91 Å². The molecule has 0 bridgehead atoms. The molecular weight excluding hydrogens is 235 g/mol. The third kappa shape index (κ3) is 3.05. The number of carbonyl (C=O) groups is 1. The van der Waals surface area contributed by atoms with E-state index in [0.29, 0.717) is 18.7 Å². The molecule has 1 aromatic carbocycles. The normalized spacial score (nSPS) is 19.3. The average molecular weight is 248 g/mol. The Hall–Kier alpha value is -1.93. The van der Waals surface area contributed by atoms with Crippen LogP contribution in [0.15, 0.2) is 24.3 Å². The first kappa shape index (κ1) is 12.5. The summed E-state index contributed by atoms with van der Waals surface area (Å²) < 4.78 is 18.2. The molecule has 1 heterocycles. The minimum atomic E-state index is -0.560. The van der Waals surface area contributed by atoms with Crippen molar-refractivity contribution in [3.05, 3.63) is 35.6 Å². The van der Waals surface area contributed by atoms with Gasteiger partial charge in [-0.05, 0) is 17.7 Å². The molecule has 1 saturated heterocycles. The molecule has 5 heteroatoms. The minimum Gasteiger partial charge on any atom is -0.360 e. The molecule has 0 N–H and O–H groups in total. The molecule has 1 atom stereocenters. The van der Waals surface area contributed by atoms with E-state index in [4.69, 9.17) is 10.00 Å². The van der Waals surface area contributed by atoms with E-state index in [1.54, 1.807) is 17.0 Å². The molecule has 1 aliphatic rings. The highest BCUT2D eigenvalue weighted by Gasteiger charge is 2.23. The predicted molar refractivity (Wildman–Crippen MR) is 62.0 cm³/mol. The molecule has 2 rings (SSSR count). The van der Waals surface area contributed by atoms with Gasteiger partial charge in [-0.1, -0.05) is 12.1 Å².